The molecule has 0 saturated heterocycles. The highest BCUT2D eigenvalue weighted by molar-refractivity contribution is 7.94. The number of hydrogen-bond donors (Lipinski definition) is 1. The summed E-state index contributed by atoms with van der Waals surface area (Å²) in [6.45, 7) is 1.82. The minimum atomic E-state index is -4.12. The van der Waals surface area contributed by atoms with E-state index >= 15 is 0 Å². The van der Waals surface area contributed by atoms with Crippen LogP contribution < -0.4 is 14.5 Å². The van der Waals surface area contributed by atoms with Crippen molar-refractivity contribution in [3.8, 4) is 0 Å². The van der Waals surface area contributed by atoms with Crippen molar-refractivity contribution < 1.29 is 18.0 Å². The van der Waals surface area contributed by atoms with Crippen molar-refractivity contribution in [3.63, 3.8) is 0 Å². The molecule has 31 heavy (non-hydrogen) atoms. The third-order valence-corrected chi connectivity index (χ3v) is 6.70. The number of sulfonamides is 1. The summed E-state index contributed by atoms with van der Waals surface area (Å²) >= 11 is 0. The number of hydrogen-bond acceptors (Lipinski definition) is 4. The van der Waals surface area contributed by atoms with Gasteiger partial charge in [0.25, 0.3) is 10.0 Å². The number of carbonyl (C=O) groups is 2. The normalized spacial score (nSPS) is 14.8. The molecule has 3 aromatic carbocycles. The first-order valence-electron chi connectivity index (χ1n) is 9.71. The Bertz CT molecular complexity index is 1240. The Labute approximate surface area is 181 Å². The second kappa shape index (κ2) is 8.23. The van der Waals surface area contributed by atoms with Crippen molar-refractivity contribution in [3.05, 3.63) is 90.0 Å². The first-order chi connectivity index (χ1) is 14.9. The predicted molar refractivity (Wildman–Crippen MR) is 118 cm³/mol. The van der Waals surface area contributed by atoms with Crippen LogP contribution in [0.4, 0.5) is 16.2 Å². The number of nitrogens with zero attached hydrogens (tertiary/aromatic N) is 2. The number of amides is 3. The summed E-state index contributed by atoms with van der Waals surface area (Å²) in [6.07, 6.45) is 0. The minimum absolute atomic E-state index is 0.0213. The fourth-order valence-electron chi connectivity index (χ4n) is 3.46. The topological polar surface area (TPSA) is 86.8 Å². The Hall–Kier alpha value is -3.65. The molecule has 7 nitrogen and oxygen atoms in total. The van der Waals surface area contributed by atoms with Gasteiger partial charge >= 0.3 is 6.03 Å². The van der Waals surface area contributed by atoms with Crippen LogP contribution in [0.1, 0.15) is 11.1 Å². The van der Waals surface area contributed by atoms with Crippen LogP contribution in [-0.4, -0.2) is 26.9 Å². The van der Waals surface area contributed by atoms with E-state index in [9.17, 15) is 18.0 Å². The van der Waals surface area contributed by atoms with Crippen LogP contribution in [0.2, 0.25) is 0 Å². The van der Waals surface area contributed by atoms with Gasteiger partial charge in [0.1, 0.15) is 11.4 Å². The minimum Gasteiger partial charge on any atom is -0.350 e. The maximum absolute atomic E-state index is 13.3. The molecule has 1 aliphatic rings. The second-order valence-corrected chi connectivity index (χ2v) is 8.96. The van der Waals surface area contributed by atoms with Crippen molar-refractivity contribution >= 4 is 33.3 Å². The van der Waals surface area contributed by atoms with E-state index in [0.717, 1.165) is 15.4 Å². The van der Waals surface area contributed by atoms with Gasteiger partial charge in [-0.15, -0.1) is 0 Å². The molecule has 1 aliphatic heterocycles. The quantitative estimate of drug-likeness (QED) is 0.665. The molecule has 1 N–H and O–H groups in total. The van der Waals surface area contributed by atoms with E-state index < -0.39 is 22.0 Å². The van der Waals surface area contributed by atoms with E-state index in [1.54, 1.807) is 30.3 Å². The summed E-state index contributed by atoms with van der Waals surface area (Å²) in [5, 5.41) is 2.78. The van der Waals surface area contributed by atoms with E-state index in [2.05, 4.69) is 5.32 Å². The lowest BCUT2D eigenvalue weighted by molar-refractivity contribution is -0.119. The predicted octanol–water partition coefficient (Wildman–Crippen LogP) is 3.45. The van der Waals surface area contributed by atoms with Crippen molar-refractivity contribution in [2.45, 2.75) is 18.4 Å². The average Bonchev–Trinajstić information content (AvgIpc) is 2.76. The number of rotatable bonds is 5. The molecular formula is C23H21N3O4S. The fraction of sp³-hybridized carbons (Fsp3) is 0.130. The van der Waals surface area contributed by atoms with Crippen molar-refractivity contribution in [1.82, 2.24) is 5.32 Å². The van der Waals surface area contributed by atoms with Gasteiger partial charge in [-0.2, -0.15) is 4.31 Å². The maximum Gasteiger partial charge on any atom is 0.343 e. The average molecular weight is 436 g/mol. The molecular weight excluding hydrogens is 414 g/mol. The van der Waals surface area contributed by atoms with E-state index in [0.29, 0.717) is 6.54 Å². The first kappa shape index (κ1) is 20.6. The Morgan fingerprint density at radius 2 is 1.65 bits per heavy atom. The Kier molecular flexibility index (Phi) is 5.48. The van der Waals surface area contributed by atoms with Gasteiger partial charge in [-0.25, -0.2) is 13.2 Å². The molecule has 158 valence electrons. The van der Waals surface area contributed by atoms with Crippen molar-refractivity contribution in [1.29, 1.82) is 0 Å². The van der Waals surface area contributed by atoms with E-state index in [1.165, 1.54) is 17.0 Å². The highest BCUT2D eigenvalue weighted by Gasteiger charge is 2.43. The Morgan fingerprint density at radius 3 is 2.39 bits per heavy atom. The van der Waals surface area contributed by atoms with Crippen molar-refractivity contribution in [2.24, 2.45) is 0 Å². The van der Waals surface area contributed by atoms with E-state index in [-0.39, 0.29) is 22.8 Å². The van der Waals surface area contributed by atoms with Crippen LogP contribution >= 0.6 is 0 Å². The van der Waals surface area contributed by atoms with E-state index in [1.807, 2.05) is 43.3 Å². The molecule has 1 heterocycles. The van der Waals surface area contributed by atoms with Crippen LogP contribution in [-0.2, 0) is 21.4 Å². The maximum atomic E-state index is 13.3. The van der Waals surface area contributed by atoms with Crippen LogP contribution in [0.25, 0.3) is 0 Å². The molecule has 0 spiro atoms. The van der Waals surface area contributed by atoms with Crippen molar-refractivity contribution in [2.75, 3.05) is 15.7 Å². The summed E-state index contributed by atoms with van der Waals surface area (Å²) in [6, 6.07) is 21.5. The second-order valence-electron chi connectivity index (χ2n) is 7.21. The third kappa shape index (κ3) is 4.02. The molecule has 0 fully saturated rings. The molecule has 8 heteroatoms. The zero-order valence-electron chi connectivity index (χ0n) is 16.9. The molecule has 0 saturated carbocycles. The van der Waals surface area contributed by atoms with Gasteiger partial charge in [0.2, 0.25) is 5.91 Å². The van der Waals surface area contributed by atoms with Gasteiger partial charge in [-0.05, 0) is 42.3 Å². The Morgan fingerprint density at radius 1 is 0.935 bits per heavy atom. The van der Waals surface area contributed by atoms with Gasteiger partial charge in [0.05, 0.1) is 11.4 Å². The van der Waals surface area contributed by atoms with Gasteiger partial charge in [0, 0.05) is 6.54 Å². The SMILES string of the molecule is Cc1cccc(N2C(=O)N(CC(=O)NCc3ccccc3)c3ccccc3S2(=O)=O)c1. The lowest BCUT2D eigenvalue weighted by Crippen LogP contribution is -2.53. The zero-order valence-corrected chi connectivity index (χ0v) is 17.7. The number of aryl methyl sites for hydroxylation is 1. The van der Waals surface area contributed by atoms with Crippen LogP contribution in [0, 0.1) is 6.92 Å². The first-order valence-corrected chi connectivity index (χ1v) is 11.1. The molecule has 0 aliphatic carbocycles. The number of carbonyl (C=O) groups excluding carboxylic acids is 2. The molecule has 4 rings (SSSR count). The standard InChI is InChI=1S/C23H21N3O4S/c1-17-8-7-11-19(14-17)26-23(28)25(20-12-5-6-13-21(20)31(26,29)30)16-22(27)24-15-18-9-3-2-4-10-18/h2-14H,15-16H2,1H3,(H,24,27). The van der Waals surface area contributed by atoms with Gasteiger partial charge < -0.3 is 5.32 Å². The molecule has 0 atom stereocenters. The highest BCUT2D eigenvalue weighted by atomic mass is 32.2. The van der Waals surface area contributed by atoms with Crippen LogP contribution in [0.15, 0.2) is 83.8 Å². The van der Waals surface area contributed by atoms with Gasteiger partial charge in [0.15, 0.2) is 0 Å². The van der Waals surface area contributed by atoms with Crippen LogP contribution in [0.3, 0.4) is 0 Å². The summed E-state index contributed by atoms with van der Waals surface area (Å²) in [5.74, 6) is -0.393. The smallest absolute Gasteiger partial charge is 0.343 e. The molecule has 0 aromatic heterocycles. The summed E-state index contributed by atoms with van der Waals surface area (Å²) in [4.78, 5) is 27.1. The number of fused-ring (bicyclic) bond motifs is 1. The number of urea groups is 1. The van der Waals surface area contributed by atoms with Gasteiger partial charge in [-0.1, -0.05) is 54.6 Å². The summed E-state index contributed by atoms with van der Waals surface area (Å²) < 4.78 is 27.2. The number of nitrogens with one attached hydrogen (secondary N) is 1. The number of para-hydroxylation sites is 1. The number of anilines is 2. The highest BCUT2D eigenvalue weighted by Crippen LogP contribution is 2.37. The van der Waals surface area contributed by atoms with Gasteiger partial charge in [-0.3, -0.25) is 9.69 Å². The summed E-state index contributed by atoms with van der Waals surface area (Å²) in [5.41, 5.74) is 2.15. The summed E-state index contributed by atoms with van der Waals surface area (Å²) in [7, 11) is -4.12. The molecule has 0 bridgehead atoms. The molecule has 3 aromatic rings. The number of benzene rings is 3. The Balaban J connectivity index is 1.66. The lowest BCUT2D eigenvalue weighted by atomic mass is 10.2. The zero-order chi connectivity index (χ0) is 22.0. The lowest BCUT2D eigenvalue weighted by Gasteiger charge is -2.35. The monoisotopic (exact) mass is 435 g/mol. The molecule has 3 amide bonds. The van der Waals surface area contributed by atoms with E-state index in [4.69, 9.17) is 0 Å². The third-order valence-electron chi connectivity index (χ3n) is 4.95. The molecule has 0 unspecified atom stereocenters. The van der Waals surface area contributed by atoms with Crippen LogP contribution in [0.5, 0.6) is 0 Å². The largest absolute Gasteiger partial charge is 0.350 e. The molecule has 0 radical (unpaired) electrons. The fourth-order valence-corrected chi connectivity index (χ4v) is 5.05.